The van der Waals surface area contributed by atoms with E-state index in [1.54, 1.807) is 0 Å². The quantitative estimate of drug-likeness (QED) is 0.458. The van der Waals surface area contributed by atoms with E-state index in [1.165, 1.54) is 11.1 Å². The number of carboxylic acids is 1. The Morgan fingerprint density at radius 2 is 1.71 bits per heavy atom. The van der Waals surface area contributed by atoms with Crippen LogP contribution in [0.4, 0.5) is 0 Å². The number of carbonyl (C=O) groups is 2. The zero-order valence-corrected chi connectivity index (χ0v) is 22.7. The molecule has 0 aliphatic heterocycles. The summed E-state index contributed by atoms with van der Waals surface area (Å²) in [7, 11) is 0. The van der Waals surface area contributed by atoms with Crippen LogP contribution in [0.25, 0.3) is 0 Å². The minimum Gasteiger partial charge on any atom is -0.481 e. The Hall–Kier alpha value is -1.46. The highest BCUT2D eigenvalue weighted by Gasteiger charge is 2.66. The molecule has 35 heavy (non-hydrogen) atoms. The molecule has 3 N–H and O–H groups in total. The molecule has 0 aromatic rings. The zero-order chi connectivity index (χ0) is 26.1. The van der Waals surface area contributed by atoms with Crippen molar-refractivity contribution >= 4 is 11.8 Å². The summed E-state index contributed by atoms with van der Waals surface area (Å²) in [5.41, 5.74) is 1.72. The maximum atomic E-state index is 12.5. The SMILES string of the molecule is CC(C)C(=O)CCC(C(=O)O)C1C(O)CC2(C)C3=CCC4C(C)(CCC(O)C4(C)C)C3=CCC12C. The van der Waals surface area contributed by atoms with Gasteiger partial charge in [0.05, 0.1) is 18.1 Å². The van der Waals surface area contributed by atoms with Crippen molar-refractivity contribution in [3.05, 3.63) is 23.3 Å². The van der Waals surface area contributed by atoms with Gasteiger partial charge in [0.25, 0.3) is 0 Å². The predicted octanol–water partition coefficient (Wildman–Crippen LogP) is 5.55. The summed E-state index contributed by atoms with van der Waals surface area (Å²) in [6.45, 7) is 14.9. The van der Waals surface area contributed by atoms with Crippen molar-refractivity contribution in [1.29, 1.82) is 0 Å². The Balaban J connectivity index is 1.72. The number of rotatable bonds is 6. The highest BCUT2D eigenvalue weighted by Crippen LogP contribution is 2.71. The van der Waals surface area contributed by atoms with Crippen LogP contribution in [0.2, 0.25) is 0 Å². The monoisotopic (exact) mass is 486 g/mol. The Morgan fingerprint density at radius 3 is 2.31 bits per heavy atom. The van der Waals surface area contributed by atoms with E-state index < -0.39 is 29.3 Å². The average molecular weight is 487 g/mol. The molecule has 4 aliphatic carbocycles. The van der Waals surface area contributed by atoms with Crippen molar-refractivity contribution in [3.63, 3.8) is 0 Å². The van der Waals surface area contributed by atoms with Crippen molar-refractivity contribution in [2.24, 2.45) is 45.3 Å². The summed E-state index contributed by atoms with van der Waals surface area (Å²) in [6.07, 6.45) is 8.09. The van der Waals surface area contributed by atoms with Gasteiger partial charge in [-0.1, -0.05) is 60.6 Å². The van der Waals surface area contributed by atoms with Gasteiger partial charge in [-0.15, -0.1) is 0 Å². The Bertz CT molecular complexity index is 960. The number of aliphatic carboxylic acids is 1. The third-order valence-corrected chi connectivity index (χ3v) is 11.4. The number of Topliss-reactive ketones (excluding diaryl/α,β-unsaturated/α-hetero) is 1. The van der Waals surface area contributed by atoms with E-state index >= 15 is 0 Å². The number of carbonyl (C=O) groups excluding carboxylic acids is 1. The van der Waals surface area contributed by atoms with E-state index in [0.717, 1.165) is 25.7 Å². The molecule has 2 saturated carbocycles. The fourth-order valence-electron chi connectivity index (χ4n) is 8.86. The highest BCUT2D eigenvalue weighted by molar-refractivity contribution is 5.81. The summed E-state index contributed by atoms with van der Waals surface area (Å²) >= 11 is 0. The van der Waals surface area contributed by atoms with Gasteiger partial charge in [-0.2, -0.15) is 0 Å². The molecule has 5 heteroatoms. The molecule has 0 bridgehead atoms. The largest absolute Gasteiger partial charge is 0.481 e. The van der Waals surface area contributed by atoms with Crippen LogP contribution in [0.15, 0.2) is 23.3 Å². The van der Waals surface area contributed by atoms with E-state index in [-0.39, 0.29) is 46.9 Å². The summed E-state index contributed by atoms with van der Waals surface area (Å²) in [5, 5.41) is 32.4. The summed E-state index contributed by atoms with van der Waals surface area (Å²) in [4.78, 5) is 24.8. The number of ketones is 1. The number of allylic oxidation sites excluding steroid dienone is 4. The van der Waals surface area contributed by atoms with Crippen LogP contribution in [-0.4, -0.2) is 39.3 Å². The molecule has 4 rings (SSSR count). The molecule has 8 unspecified atom stereocenters. The van der Waals surface area contributed by atoms with Gasteiger partial charge < -0.3 is 15.3 Å². The molecule has 4 aliphatic rings. The standard InChI is InChI=1S/C30H46O5/c1-17(2)21(31)10-8-18(26(34)35)25-22(32)16-30(7)20-9-11-23-27(3,4)24(33)13-14-28(23,5)19(20)12-15-29(25,30)6/h9,12,17-18,22-25,32-33H,8,10-11,13-16H2,1-7H3,(H,34,35). The average Bonchev–Trinajstić information content (AvgIpc) is 2.97. The van der Waals surface area contributed by atoms with Gasteiger partial charge in [0.15, 0.2) is 0 Å². The van der Waals surface area contributed by atoms with Gasteiger partial charge >= 0.3 is 5.97 Å². The van der Waals surface area contributed by atoms with Gasteiger partial charge in [-0.05, 0) is 71.8 Å². The molecule has 5 nitrogen and oxygen atoms in total. The van der Waals surface area contributed by atoms with Crippen LogP contribution in [0, 0.1) is 45.3 Å². The first-order chi connectivity index (χ1) is 16.1. The second kappa shape index (κ2) is 8.55. The third-order valence-electron chi connectivity index (χ3n) is 11.4. The Labute approximate surface area is 211 Å². The van der Waals surface area contributed by atoms with Gasteiger partial charge in [-0.25, -0.2) is 0 Å². The van der Waals surface area contributed by atoms with E-state index in [1.807, 2.05) is 13.8 Å². The fraction of sp³-hybridized carbons (Fsp3) is 0.800. The fourth-order valence-corrected chi connectivity index (χ4v) is 8.86. The lowest BCUT2D eigenvalue weighted by Crippen LogP contribution is -2.54. The predicted molar refractivity (Wildman–Crippen MR) is 137 cm³/mol. The second-order valence-corrected chi connectivity index (χ2v) is 13.7. The van der Waals surface area contributed by atoms with Crippen LogP contribution >= 0.6 is 0 Å². The summed E-state index contributed by atoms with van der Waals surface area (Å²) < 4.78 is 0. The normalized spacial score (nSPS) is 42.9. The van der Waals surface area contributed by atoms with Crippen LogP contribution in [0.3, 0.4) is 0 Å². The number of aliphatic hydroxyl groups is 2. The van der Waals surface area contributed by atoms with Gasteiger partial charge in [0.2, 0.25) is 0 Å². The summed E-state index contributed by atoms with van der Waals surface area (Å²) in [6, 6.07) is 0. The zero-order valence-electron chi connectivity index (χ0n) is 22.7. The lowest BCUT2D eigenvalue weighted by atomic mass is 9.44. The molecule has 0 radical (unpaired) electrons. The third kappa shape index (κ3) is 3.70. The van der Waals surface area contributed by atoms with Crippen molar-refractivity contribution in [1.82, 2.24) is 0 Å². The van der Waals surface area contributed by atoms with Crippen molar-refractivity contribution in [2.75, 3.05) is 0 Å². The lowest BCUT2D eigenvalue weighted by molar-refractivity contribution is -0.148. The minimum absolute atomic E-state index is 0.0317. The first-order valence-corrected chi connectivity index (χ1v) is 13.6. The molecule has 196 valence electrons. The molecule has 0 amide bonds. The van der Waals surface area contributed by atoms with Gasteiger partial charge in [0, 0.05) is 23.7 Å². The molecule has 0 aromatic carbocycles. The smallest absolute Gasteiger partial charge is 0.306 e. The molecule has 2 fully saturated rings. The van der Waals surface area contributed by atoms with Crippen LogP contribution < -0.4 is 0 Å². The first kappa shape index (κ1) is 26.6. The maximum Gasteiger partial charge on any atom is 0.306 e. The number of carboxylic acid groups (broad SMARTS) is 1. The molecule has 8 atom stereocenters. The van der Waals surface area contributed by atoms with Crippen LogP contribution in [0.5, 0.6) is 0 Å². The lowest BCUT2D eigenvalue weighted by Gasteiger charge is -2.61. The number of aliphatic hydroxyl groups excluding tert-OH is 2. The first-order valence-electron chi connectivity index (χ1n) is 13.6. The van der Waals surface area contributed by atoms with Crippen molar-refractivity contribution in [3.8, 4) is 0 Å². The second-order valence-electron chi connectivity index (χ2n) is 13.7. The summed E-state index contributed by atoms with van der Waals surface area (Å²) in [5.74, 6) is -1.74. The number of hydrogen-bond donors (Lipinski definition) is 3. The molecule has 0 heterocycles. The van der Waals surface area contributed by atoms with E-state index in [4.69, 9.17) is 0 Å². The molecule has 0 saturated heterocycles. The molecular formula is C30H46O5. The van der Waals surface area contributed by atoms with Crippen LogP contribution in [0.1, 0.15) is 93.4 Å². The van der Waals surface area contributed by atoms with Crippen LogP contribution in [-0.2, 0) is 9.59 Å². The van der Waals surface area contributed by atoms with E-state index in [9.17, 15) is 24.9 Å². The van der Waals surface area contributed by atoms with Crippen molar-refractivity contribution in [2.45, 2.75) is 106 Å². The maximum absolute atomic E-state index is 12.5. The molecule has 0 aromatic heterocycles. The minimum atomic E-state index is -0.904. The Kier molecular flexibility index (Phi) is 6.50. The highest BCUT2D eigenvalue weighted by atomic mass is 16.4. The number of fused-ring (bicyclic) bond motifs is 5. The van der Waals surface area contributed by atoms with E-state index in [2.05, 4.69) is 46.8 Å². The Morgan fingerprint density at radius 1 is 1.06 bits per heavy atom. The van der Waals surface area contributed by atoms with Gasteiger partial charge in [0.1, 0.15) is 5.78 Å². The topological polar surface area (TPSA) is 94.8 Å². The molecular weight excluding hydrogens is 440 g/mol. The van der Waals surface area contributed by atoms with Gasteiger partial charge in [-0.3, -0.25) is 9.59 Å². The molecule has 0 spiro atoms. The van der Waals surface area contributed by atoms with E-state index in [0.29, 0.717) is 12.3 Å². The number of hydrogen-bond acceptors (Lipinski definition) is 4. The van der Waals surface area contributed by atoms with Crippen molar-refractivity contribution < 1.29 is 24.9 Å².